The predicted octanol–water partition coefficient (Wildman–Crippen LogP) is 6.02. The van der Waals surface area contributed by atoms with Gasteiger partial charge in [0.2, 0.25) is 0 Å². The summed E-state index contributed by atoms with van der Waals surface area (Å²) in [7, 11) is 1.52. The van der Waals surface area contributed by atoms with Crippen LogP contribution in [0.5, 0.6) is 11.5 Å². The Labute approximate surface area is 219 Å². The van der Waals surface area contributed by atoms with Crippen molar-refractivity contribution in [2.24, 2.45) is 0 Å². The molecule has 1 saturated heterocycles. The van der Waals surface area contributed by atoms with E-state index in [4.69, 9.17) is 9.47 Å². The molecule has 1 heterocycles. The highest BCUT2D eigenvalue weighted by atomic mass is 127. The van der Waals surface area contributed by atoms with Crippen LogP contribution in [0.15, 0.2) is 71.6 Å². The van der Waals surface area contributed by atoms with Gasteiger partial charge >= 0.3 is 0 Å². The van der Waals surface area contributed by atoms with Crippen LogP contribution in [0.4, 0.5) is 10.5 Å². The summed E-state index contributed by atoms with van der Waals surface area (Å²) in [4.78, 5) is 37.3. The van der Waals surface area contributed by atoms with Crippen LogP contribution in [-0.2, 0) is 17.9 Å². The van der Waals surface area contributed by atoms with E-state index in [1.165, 1.54) is 24.1 Å². The van der Waals surface area contributed by atoms with Crippen LogP contribution in [0.1, 0.15) is 16.7 Å². The van der Waals surface area contributed by atoms with Gasteiger partial charge < -0.3 is 9.47 Å². The number of amides is 2. The number of hydrogen-bond acceptors (Lipinski definition) is 7. The van der Waals surface area contributed by atoms with E-state index in [-0.39, 0.29) is 30.0 Å². The fraction of sp³-hybridized carbons (Fsp3) is 0.120. The van der Waals surface area contributed by atoms with Gasteiger partial charge in [0.1, 0.15) is 6.61 Å². The third kappa shape index (κ3) is 6.01. The van der Waals surface area contributed by atoms with Crippen LogP contribution in [0.2, 0.25) is 0 Å². The van der Waals surface area contributed by atoms with E-state index >= 15 is 0 Å². The molecule has 0 radical (unpaired) electrons. The molecule has 3 aromatic rings. The summed E-state index contributed by atoms with van der Waals surface area (Å²) in [5.74, 6) is 0.594. The maximum atomic E-state index is 12.9. The molecule has 0 aliphatic carbocycles. The number of carbonyl (C=O) groups is 2. The number of carbonyl (C=O) groups excluding carboxylic acids is 2. The van der Waals surface area contributed by atoms with Crippen LogP contribution < -0.4 is 9.47 Å². The molecule has 2 amide bonds. The molecule has 3 aromatic carbocycles. The first kappa shape index (κ1) is 24.7. The highest BCUT2D eigenvalue weighted by molar-refractivity contribution is 14.1. The maximum Gasteiger partial charge on any atom is 0.293 e. The number of hydrogen-bond donors (Lipinski definition) is 0. The maximum absolute atomic E-state index is 12.9. The number of non-ortho nitro benzene ring substituents is 1. The van der Waals surface area contributed by atoms with E-state index in [9.17, 15) is 19.7 Å². The van der Waals surface area contributed by atoms with Gasteiger partial charge in [-0.15, -0.1) is 0 Å². The fourth-order valence-electron chi connectivity index (χ4n) is 3.33. The zero-order chi connectivity index (χ0) is 24.9. The van der Waals surface area contributed by atoms with Crippen molar-refractivity contribution in [2.75, 3.05) is 7.11 Å². The second-order valence-corrected chi connectivity index (χ2v) is 9.76. The molecule has 0 atom stereocenters. The van der Waals surface area contributed by atoms with Crippen molar-refractivity contribution in [1.29, 1.82) is 0 Å². The number of nitro benzene ring substituents is 1. The largest absolute Gasteiger partial charge is 0.493 e. The van der Waals surface area contributed by atoms with E-state index in [1.807, 2.05) is 24.3 Å². The summed E-state index contributed by atoms with van der Waals surface area (Å²) >= 11 is 3.10. The summed E-state index contributed by atoms with van der Waals surface area (Å²) in [5, 5.41) is 10.5. The average molecular weight is 602 g/mol. The Morgan fingerprint density at radius 1 is 1.00 bits per heavy atom. The molecule has 8 nitrogen and oxygen atoms in total. The zero-order valence-corrected chi connectivity index (χ0v) is 21.4. The number of nitro groups is 1. The van der Waals surface area contributed by atoms with Crippen molar-refractivity contribution in [2.45, 2.75) is 13.2 Å². The van der Waals surface area contributed by atoms with E-state index in [2.05, 4.69) is 22.6 Å². The van der Waals surface area contributed by atoms with E-state index in [0.717, 1.165) is 26.5 Å². The molecule has 0 aromatic heterocycles. The number of imide groups is 1. The lowest BCUT2D eigenvalue weighted by atomic mass is 10.1. The smallest absolute Gasteiger partial charge is 0.293 e. The molecule has 0 spiro atoms. The Bertz CT molecular complexity index is 1310. The normalized spacial score (nSPS) is 14.5. The molecule has 35 heavy (non-hydrogen) atoms. The van der Waals surface area contributed by atoms with Gasteiger partial charge in [0.15, 0.2) is 11.5 Å². The lowest BCUT2D eigenvalue weighted by Crippen LogP contribution is -2.27. The quantitative estimate of drug-likeness (QED) is 0.135. The topological polar surface area (TPSA) is 99.0 Å². The van der Waals surface area contributed by atoms with Crippen LogP contribution in [0, 0.1) is 13.7 Å². The van der Waals surface area contributed by atoms with Crippen molar-refractivity contribution in [3.05, 3.63) is 102 Å². The number of thioether (sulfide) groups is 1. The third-order valence-electron chi connectivity index (χ3n) is 5.15. The van der Waals surface area contributed by atoms with Crippen molar-refractivity contribution >= 4 is 57.3 Å². The number of rotatable bonds is 8. The first-order valence-electron chi connectivity index (χ1n) is 10.4. The minimum atomic E-state index is -0.459. The molecule has 0 N–H and O–H groups in total. The Morgan fingerprint density at radius 2 is 1.69 bits per heavy atom. The molecule has 1 aliphatic rings. The van der Waals surface area contributed by atoms with Crippen LogP contribution in [-0.4, -0.2) is 28.1 Å². The Hall–Kier alpha value is -3.38. The monoisotopic (exact) mass is 602 g/mol. The molecule has 0 unspecified atom stereocenters. The minimum absolute atomic E-state index is 0.00398. The van der Waals surface area contributed by atoms with Crippen molar-refractivity contribution in [1.82, 2.24) is 4.90 Å². The SMILES string of the molecule is COc1ccc(/C=C2\SC(=O)N(Cc3ccc(I)cc3)C2=O)cc1OCc1ccc([N+](=O)[O-])cc1. The van der Waals surface area contributed by atoms with Gasteiger partial charge in [-0.1, -0.05) is 18.2 Å². The molecule has 4 rings (SSSR count). The molecule has 0 saturated carbocycles. The van der Waals surface area contributed by atoms with Gasteiger partial charge in [0.25, 0.3) is 16.8 Å². The van der Waals surface area contributed by atoms with Gasteiger partial charge in [-0.05, 0) is 93.5 Å². The summed E-state index contributed by atoms with van der Waals surface area (Å²) in [6.45, 7) is 0.384. The molecule has 0 bridgehead atoms. The van der Waals surface area contributed by atoms with Crippen molar-refractivity contribution in [3.8, 4) is 11.5 Å². The number of ether oxygens (including phenoxy) is 2. The summed E-state index contributed by atoms with van der Waals surface area (Å²) in [6.07, 6.45) is 1.65. The van der Waals surface area contributed by atoms with Gasteiger partial charge in [0.05, 0.1) is 23.5 Å². The summed E-state index contributed by atoms with van der Waals surface area (Å²) < 4.78 is 12.3. The average Bonchev–Trinajstić information content (AvgIpc) is 3.11. The summed E-state index contributed by atoms with van der Waals surface area (Å²) in [6, 6.07) is 18.9. The van der Waals surface area contributed by atoms with Gasteiger partial charge in [-0.2, -0.15) is 0 Å². The van der Waals surface area contributed by atoms with Gasteiger partial charge in [-0.25, -0.2) is 0 Å². The highest BCUT2D eigenvalue weighted by Crippen LogP contribution is 2.35. The molecule has 10 heteroatoms. The first-order valence-corrected chi connectivity index (χ1v) is 12.3. The first-order chi connectivity index (χ1) is 16.8. The van der Waals surface area contributed by atoms with Crippen LogP contribution in [0.25, 0.3) is 6.08 Å². The Morgan fingerprint density at radius 3 is 2.34 bits per heavy atom. The zero-order valence-electron chi connectivity index (χ0n) is 18.5. The third-order valence-corrected chi connectivity index (χ3v) is 6.78. The number of methoxy groups -OCH3 is 1. The predicted molar refractivity (Wildman–Crippen MR) is 141 cm³/mol. The highest BCUT2D eigenvalue weighted by Gasteiger charge is 2.35. The molecule has 1 aliphatic heterocycles. The van der Waals surface area contributed by atoms with E-state index < -0.39 is 4.92 Å². The standard InChI is InChI=1S/C25H19IN2O6S/c1-33-21-11-6-18(12-22(21)34-15-17-4-9-20(10-5-17)28(31)32)13-23-24(29)27(25(30)35-23)14-16-2-7-19(26)8-3-16/h2-13H,14-15H2,1H3/b23-13-. The second-order valence-electron chi connectivity index (χ2n) is 7.52. The Balaban J connectivity index is 1.49. The van der Waals surface area contributed by atoms with Crippen molar-refractivity contribution < 1.29 is 24.0 Å². The molecule has 1 fully saturated rings. The summed E-state index contributed by atoms with van der Waals surface area (Å²) in [5.41, 5.74) is 2.30. The molecule has 178 valence electrons. The number of benzene rings is 3. The van der Waals surface area contributed by atoms with Crippen LogP contribution >= 0.6 is 34.4 Å². The second kappa shape index (κ2) is 10.9. The van der Waals surface area contributed by atoms with Crippen LogP contribution in [0.3, 0.4) is 0 Å². The molecular formula is C25H19IN2O6S. The fourth-order valence-corrected chi connectivity index (χ4v) is 4.53. The van der Waals surface area contributed by atoms with E-state index in [1.54, 1.807) is 36.4 Å². The lowest BCUT2D eigenvalue weighted by Gasteiger charge is -2.13. The lowest BCUT2D eigenvalue weighted by molar-refractivity contribution is -0.384. The van der Waals surface area contributed by atoms with Crippen molar-refractivity contribution in [3.63, 3.8) is 0 Å². The number of nitrogens with zero attached hydrogens (tertiary/aromatic N) is 2. The number of halogens is 1. The van der Waals surface area contributed by atoms with Gasteiger partial charge in [0, 0.05) is 15.7 Å². The minimum Gasteiger partial charge on any atom is -0.493 e. The van der Waals surface area contributed by atoms with Gasteiger partial charge in [-0.3, -0.25) is 24.6 Å². The molecular weight excluding hydrogens is 583 g/mol. The van der Waals surface area contributed by atoms with E-state index in [0.29, 0.717) is 22.0 Å². The Kier molecular flexibility index (Phi) is 7.71.